The van der Waals surface area contributed by atoms with Gasteiger partial charge in [0.1, 0.15) is 0 Å². The highest BCUT2D eigenvalue weighted by atomic mass is 79.9. The molecule has 74 valence electrons. The minimum absolute atomic E-state index is 0.313. The van der Waals surface area contributed by atoms with E-state index in [0.29, 0.717) is 5.57 Å². The summed E-state index contributed by atoms with van der Waals surface area (Å²) in [5, 5.41) is 8.70. The Morgan fingerprint density at radius 2 is 2.07 bits per heavy atom. The first-order valence-electron chi connectivity index (χ1n) is 3.87. The average molecular weight is 320 g/mol. The van der Waals surface area contributed by atoms with E-state index in [9.17, 15) is 4.79 Å². The van der Waals surface area contributed by atoms with Crippen molar-refractivity contribution in [3.05, 3.63) is 38.3 Å². The van der Waals surface area contributed by atoms with Gasteiger partial charge in [-0.1, -0.05) is 37.9 Å². The Balaban J connectivity index is 3.09. The second-order valence-corrected chi connectivity index (χ2v) is 4.57. The molecular formula is C10H8Br2O2. The van der Waals surface area contributed by atoms with Crippen molar-refractivity contribution in [1.82, 2.24) is 0 Å². The number of carboxylic acid groups (broad SMARTS) is 1. The van der Waals surface area contributed by atoms with E-state index >= 15 is 0 Å². The maximum atomic E-state index is 10.6. The molecule has 0 saturated carbocycles. The van der Waals surface area contributed by atoms with Crippen LogP contribution in [-0.2, 0) is 4.79 Å². The van der Waals surface area contributed by atoms with Crippen LogP contribution in [0.1, 0.15) is 12.5 Å². The summed E-state index contributed by atoms with van der Waals surface area (Å²) < 4.78 is 1.82. The first-order valence-corrected chi connectivity index (χ1v) is 5.46. The summed E-state index contributed by atoms with van der Waals surface area (Å²) in [7, 11) is 0. The molecule has 14 heavy (non-hydrogen) atoms. The minimum atomic E-state index is -0.903. The molecular weight excluding hydrogens is 312 g/mol. The third kappa shape index (κ3) is 2.96. The van der Waals surface area contributed by atoms with E-state index < -0.39 is 5.97 Å². The van der Waals surface area contributed by atoms with Gasteiger partial charge in [0.25, 0.3) is 0 Å². The zero-order chi connectivity index (χ0) is 10.7. The van der Waals surface area contributed by atoms with Gasteiger partial charge >= 0.3 is 5.97 Å². The number of aliphatic carboxylic acids is 1. The van der Waals surface area contributed by atoms with Gasteiger partial charge in [0.15, 0.2) is 0 Å². The number of carbonyl (C=O) groups is 1. The van der Waals surface area contributed by atoms with Crippen LogP contribution >= 0.6 is 31.9 Å². The summed E-state index contributed by atoms with van der Waals surface area (Å²) in [5.41, 5.74) is 1.17. The van der Waals surface area contributed by atoms with Crippen LogP contribution in [0.15, 0.2) is 32.7 Å². The van der Waals surface area contributed by atoms with E-state index in [0.717, 1.165) is 14.5 Å². The fourth-order valence-electron chi connectivity index (χ4n) is 0.914. The molecule has 0 saturated heterocycles. The molecule has 4 heteroatoms. The van der Waals surface area contributed by atoms with Crippen molar-refractivity contribution in [2.75, 3.05) is 0 Å². The lowest BCUT2D eigenvalue weighted by molar-refractivity contribution is -0.132. The summed E-state index contributed by atoms with van der Waals surface area (Å²) >= 11 is 6.68. The van der Waals surface area contributed by atoms with Crippen molar-refractivity contribution in [3.8, 4) is 0 Å². The number of hydrogen-bond donors (Lipinski definition) is 1. The molecule has 1 rings (SSSR count). The lowest BCUT2D eigenvalue weighted by Gasteiger charge is -2.00. The van der Waals surface area contributed by atoms with Crippen LogP contribution in [0.3, 0.4) is 0 Å². The first-order chi connectivity index (χ1) is 6.50. The Morgan fingerprint density at radius 1 is 1.43 bits per heavy atom. The van der Waals surface area contributed by atoms with E-state index in [1.54, 1.807) is 13.0 Å². The Bertz CT molecular complexity index is 397. The standard InChI is InChI=1S/C10H8Br2O2/c1-6(10(13)14)4-7-2-3-8(11)5-9(7)12/h2-5H,1H3,(H,13,14). The van der Waals surface area contributed by atoms with Crippen LogP contribution < -0.4 is 0 Å². The first kappa shape index (κ1) is 11.5. The second-order valence-electron chi connectivity index (χ2n) is 2.80. The van der Waals surface area contributed by atoms with Gasteiger partial charge in [-0.15, -0.1) is 0 Å². The molecule has 0 aliphatic rings. The van der Waals surface area contributed by atoms with Crippen molar-refractivity contribution in [2.45, 2.75) is 6.92 Å². The molecule has 0 aromatic heterocycles. The number of benzene rings is 1. The van der Waals surface area contributed by atoms with Crippen LogP contribution in [0, 0.1) is 0 Å². The average Bonchev–Trinajstić information content (AvgIpc) is 2.09. The fraction of sp³-hybridized carbons (Fsp3) is 0.100. The summed E-state index contributed by atoms with van der Waals surface area (Å²) in [6, 6.07) is 5.59. The molecule has 0 spiro atoms. The van der Waals surface area contributed by atoms with E-state index in [-0.39, 0.29) is 0 Å². The van der Waals surface area contributed by atoms with Crippen LogP contribution in [0.5, 0.6) is 0 Å². The van der Waals surface area contributed by atoms with Crippen molar-refractivity contribution < 1.29 is 9.90 Å². The quantitative estimate of drug-likeness (QED) is 0.844. The highest BCUT2D eigenvalue weighted by molar-refractivity contribution is 9.11. The molecule has 1 N–H and O–H groups in total. The maximum Gasteiger partial charge on any atom is 0.331 e. The smallest absolute Gasteiger partial charge is 0.331 e. The Hall–Kier alpha value is -0.610. The van der Waals surface area contributed by atoms with Crippen LogP contribution in [-0.4, -0.2) is 11.1 Å². The van der Waals surface area contributed by atoms with Crippen molar-refractivity contribution in [1.29, 1.82) is 0 Å². The molecule has 0 heterocycles. The summed E-state index contributed by atoms with van der Waals surface area (Å²) in [4.78, 5) is 10.6. The minimum Gasteiger partial charge on any atom is -0.478 e. The number of halogens is 2. The van der Waals surface area contributed by atoms with Gasteiger partial charge < -0.3 is 5.11 Å². The SMILES string of the molecule is CC(=Cc1ccc(Br)cc1Br)C(=O)O. The summed E-state index contributed by atoms with van der Waals surface area (Å²) in [6.07, 6.45) is 1.62. The Kier molecular flexibility index (Phi) is 3.89. The molecule has 0 aliphatic heterocycles. The molecule has 0 bridgehead atoms. The summed E-state index contributed by atoms with van der Waals surface area (Å²) in [5.74, 6) is -0.903. The lowest BCUT2D eigenvalue weighted by atomic mass is 10.1. The third-order valence-electron chi connectivity index (χ3n) is 1.67. The van der Waals surface area contributed by atoms with Crippen molar-refractivity contribution in [3.63, 3.8) is 0 Å². The Labute approximate surface area is 98.9 Å². The Morgan fingerprint density at radius 3 is 2.57 bits per heavy atom. The van der Waals surface area contributed by atoms with Crippen LogP contribution in [0.25, 0.3) is 6.08 Å². The molecule has 1 aromatic carbocycles. The largest absolute Gasteiger partial charge is 0.478 e. The van der Waals surface area contributed by atoms with Gasteiger partial charge in [-0.05, 0) is 30.7 Å². The maximum absolute atomic E-state index is 10.6. The van der Waals surface area contributed by atoms with Gasteiger partial charge in [0.2, 0.25) is 0 Å². The third-order valence-corrected chi connectivity index (χ3v) is 2.85. The zero-order valence-electron chi connectivity index (χ0n) is 7.42. The van der Waals surface area contributed by atoms with Gasteiger partial charge in [0.05, 0.1) is 0 Å². The number of carboxylic acids is 1. The van der Waals surface area contributed by atoms with Crippen LogP contribution in [0.2, 0.25) is 0 Å². The van der Waals surface area contributed by atoms with E-state index in [1.807, 2.05) is 18.2 Å². The predicted octanol–water partition coefficient (Wildman–Crippen LogP) is 3.70. The van der Waals surface area contributed by atoms with Crippen molar-refractivity contribution in [2.24, 2.45) is 0 Å². The topological polar surface area (TPSA) is 37.3 Å². The van der Waals surface area contributed by atoms with Gasteiger partial charge in [-0.3, -0.25) is 0 Å². The normalized spacial score (nSPS) is 11.5. The predicted molar refractivity (Wildman–Crippen MR) is 63.1 cm³/mol. The molecule has 0 aliphatic carbocycles. The monoisotopic (exact) mass is 318 g/mol. The van der Waals surface area contributed by atoms with E-state index in [4.69, 9.17) is 5.11 Å². The second kappa shape index (κ2) is 4.75. The molecule has 2 nitrogen and oxygen atoms in total. The molecule has 0 atom stereocenters. The highest BCUT2D eigenvalue weighted by Crippen LogP contribution is 2.23. The molecule has 0 amide bonds. The number of hydrogen-bond acceptors (Lipinski definition) is 1. The fourth-order valence-corrected chi connectivity index (χ4v) is 2.08. The van der Waals surface area contributed by atoms with E-state index in [2.05, 4.69) is 31.9 Å². The van der Waals surface area contributed by atoms with Gasteiger partial charge in [-0.2, -0.15) is 0 Å². The van der Waals surface area contributed by atoms with Gasteiger partial charge in [-0.25, -0.2) is 4.79 Å². The van der Waals surface area contributed by atoms with Gasteiger partial charge in [0, 0.05) is 14.5 Å². The van der Waals surface area contributed by atoms with Crippen molar-refractivity contribution >= 4 is 43.9 Å². The highest BCUT2D eigenvalue weighted by Gasteiger charge is 2.02. The molecule has 0 radical (unpaired) electrons. The summed E-state index contributed by atoms with van der Waals surface area (Å²) in [6.45, 7) is 1.57. The lowest BCUT2D eigenvalue weighted by Crippen LogP contribution is -1.95. The van der Waals surface area contributed by atoms with E-state index in [1.165, 1.54) is 0 Å². The zero-order valence-corrected chi connectivity index (χ0v) is 10.6. The molecule has 0 unspecified atom stereocenters. The molecule has 0 fully saturated rings. The number of rotatable bonds is 2. The van der Waals surface area contributed by atoms with Crippen LogP contribution in [0.4, 0.5) is 0 Å². The molecule has 1 aromatic rings.